The molecule has 0 bridgehead atoms. The number of hydrogen-bond acceptors (Lipinski definition) is 3. The van der Waals surface area contributed by atoms with E-state index in [2.05, 4.69) is 21.2 Å². The summed E-state index contributed by atoms with van der Waals surface area (Å²) in [6, 6.07) is 7.63. The van der Waals surface area contributed by atoms with Crippen molar-refractivity contribution in [2.75, 3.05) is 37.6 Å². The summed E-state index contributed by atoms with van der Waals surface area (Å²) in [6.45, 7) is 3.60. The van der Waals surface area contributed by atoms with Gasteiger partial charge in [-0.15, -0.1) is 0 Å². The quantitative estimate of drug-likeness (QED) is 0.815. The number of anilines is 1. The minimum atomic E-state index is -0.518. The molecule has 2 saturated heterocycles. The molecule has 2 aliphatic heterocycles. The molecule has 0 spiro atoms. The number of nitrogens with one attached hydrogen (secondary N) is 1. The fourth-order valence-corrected chi connectivity index (χ4v) is 3.42. The number of piperazine rings is 1. The number of carbonyl (C=O) groups is 2. The SMILES string of the molecule is O=C(C1CCN(c2ccccc2Br)C1=O)N1CCNCC1. The molecule has 0 aliphatic carbocycles. The van der Waals surface area contributed by atoms with Gasteiger partial charge in [0.2, 0.25) is 11.8 Å². The average Bonchev–Trinajstić information content (AvgIpc) is 2.89. The van der Waals surface area contributed by atoms with Crippen LogP contribution < -0.4 is 10.2 Å². The first kappa shape index (κ1) is 14.5. The van der Waals surface area contributed by atoms with Crippen molar-refractivity contribution in [1.29, 1.82) is 0 Å². The fourth-order valence-electron chi connectivity index (χ4n) is 2.92. The Morgan fingerprint density at radius 2 is 1.90 bits per heavy atom. The molecule has 112 valence electrons. The van der Waals surface area contributed by atoms with Crippen LogP contribution in [-0.4, -0.2) is 49.4 Å². The molecule has 0 radical (unpaired) electrons. The van der Waals surface area contributed by atoms with Crippen molar-refractivity contribution in [3.8, 4) is 0 Å². The lowest BCUT2D eigenvalue weighted by Gasteiger charge is -2.29. The molecular formula is C15H18BrN3O2. The number of amides is 2. The van der Waals surface area contributed by atoms with Crippen LogP contribution in [-0.2, 0) is 9.59 Å². The molecule has 2 heterocycles. The summed E-state index contributed by atoms with van der Waals surface area (Å²) in [5.74, 6) is -0.614. The Hall–Kier alpha value is -1.40. The summed E-state index contributed by atoms with van der Waals surface area (Å²) in [5, 5.41) is 3.22. The zero-order valence-electron chi connectivity index (χ0n) is 11.7. The minimum absolute atomic E-state index is 0.0175. The van der Waals surface area contributed by atoms with Gasteiger partial charge >= 0.3 is 0 Å². The molecule has 1 atom stereocenters. The van der Waals surface area contributed by atoms with Gasteiger partial charge in [0.25, 0.3) is 0 Å². The van der Waals surface area contributed by atoms with Crippen molar-refractivity contribution in [1.82, 2.24) is 10.2 Å². The first-order valence-electron chi connectivity index (χ1n) is 7.24. The van der Waals surface area contributed by atoms with E-state index >= 15 is 0 Å². The molecule has 1 N–H and O–H groups in total. The number of halogens is 1. The van der Waals surface area contributed by atoms with Gasteiger partial charge in [-0.1, -0.05) is 12.1 Å². The Morgan fingerprint density at radius 1 is 1.19 bits per heavy atom. The highest BCUT2D eigenvalue weighted by molar-refractivity contribution is 9.10. The topological polar surface area (TPSA) is 52.7 Å². The van der Waals surface area contributed by atoms with Crippen molar-refractivity contribution < 1.29 is 9.59 Å². The average molecular weight is 352 g/mol. The van der Waals surface area contributed by atoms with E-state index in [0.29, 0.717) is 26.1 Å². The molecule has 2 amide bonds. The summed E-state index contributed by atoms with van der Waals surface area (Å²) >= 11 is 3.47. The smallest absolute Gasteiger partial charge is 0.239 e. The maximum atomic E-state index is 12.6. The summed E-state index contributed by atoms with van der Waals surface area (Å²) in [4.78, 5) is 28.6. The van der Waals surface area contributed by atoms with E-state index < -0.39 is 5.92 Å². The van der Waals surface area contributed by atoms with Crippen LogP contribution in [0.15, 0.2) is 28.7 Å². The number of benzene rings is 1. The highest BCUT2D eigenvalue weighted by atomic mass is 79.9. The third kappa shape index (κ3) is 2.82. The number of hydrogen-bond donors (Lipinski definition) is 1. The third-order valence-electron chi connectivity index (χ3n) is 4.08. The van der Waals surface area contributed by atoms with Gasteiger partial charge in [0.05, 0.1) is 5.69 Å². The molecule has 2 fully saturated rings. The Labute approximate surface area is 132 Å². The Morgan fingerprint density at radius 3 is 2.62 bits per heavy atom. The summed E-state index contributed by atoms with van der Waals surface area (Å²) in [6.07, 6.45) is 0.600. The van der Waals surface area contributed by atoms with Gasteiger partial charge in [-0.2, -0.15) is 0 Å². The predicted octanol–water partition coefficient (Wildman–Crippen LogP) is 1.23. The Bertz CT molecular complexity index is 558. The normalized spacial score (nSPS) is 22.7. The van der Waals surface area contributed by atoms with Crippen LogP contribution in [0.3, 0.4) is 0 Å². The lowest BCUT2D eigenvalue weighted by molar-refractivity contribution is -0.140. The predicted molar refractivity (Wildman–Crippen MR) is 84.1 cm³/mol. The van der Waals surface area contributed by atoms with Crippen molar-refractivity contribution in [3.05, 3.63) is 28.7 Å². The van der Waals surface area contributed by atoms with Gasteiger partial charge in [-0.25, -0.2) is 0 Å². The molecular weight excluding hydrogens is 334 g/mol. The van der Waals surface area contributed by atoms with Crippen molar-refractivity contribution in [2.24, 2.45) is 5.92 Å². The minimum Gasteiger partial charge on any atom is -0.339 e. The van der Waals surface area contributed by atoms with Crippen molar-refractivity contribution in [2.45, 2.75) is 6.42 Å². The molecule has 6 heteroatoms. The highest BCUT2D eigenvalue weighted by Gasteiger charge is 2.40. The van der Waals surface area contributed by atoms with Crippen LogP contribution in [0.5, 0.6) is 0 Å². The van der Waals surface area contributed by atoms with Gasteiger partial charge in [0.1, 0.15) is 5.92 Å². The lowest BCUT2D eigenvalue weighted by atomic mass is 10.1. The maximum absolute atomic E-state index is 12.6. The highest BCUT2D eigenvalue weighted by Crippen LogP contribution is 2.32. The van der Waals surface area contributed by atoms with Gasteiger partial charge in [-0.3, -0.25) is 9.59 Å². The Kier molecular flexibility index (Phi) is 4.26. The van der Waals surface area contributed by atoms with E-state index in [1.807, 2.05) is 29.2 Å². The van der Waals surface area contributed by atoms with Crippen LogP contribution in [0, 0.1) is 5.92 Å². The largest absolute Gasteiger partial charge is 0.339 e. The zero-order chi connectivity index (χ0) is 14.8. The summed E-state index contributed by atoms with van der Waals surface area (Å²) in [7, 11) is 0. The van der Waals surface area contributed by atoms with E-state index in [9.17, 15) is 9.59 Å². The number of rotatable bonds is 2. The second-order valence-electron chi connectivity index (χ2n) is 5.36. The molecule has 0 aromatic heterocycles. The van der Waals surface area contributed by atoms with E-state index in [-0.39, 0.29) is 11.8 Å². The summed E-state index contributed by atoms with van der Waals surface area (Å²) in [5.41, 5.74) is 0.845. The molecule has 0 saturated carbocycles. The van der Waals surface area contributed by atoms with E-state index in [1.54, 1.807) is 4.90 Å². The molecule has 21 heavy (non-hydrogen) atoms. The van der Waals surface area contributed by atoms with Gasteiger partial charge in [-0.05, 0) is 34.5 Å². The number of nitrogens with zero attached hydrogens (tertiary/aromatic N) is 2. The molecule has 1 unspecified atom stereocenters. The maximum Gasteiger partial charge on any atom is 0.239 e. The first-order valence-corrected chi connectivity index (χ1v) is 8.03. The standard InChI is InChI=1S/C15H18BrN3O2/c16-12-3-1-2-4-13(12)19-8-5-11(15(19)21)14(20)18-9-6-17-7-10-18/h1-4,11,17H,5-10H2. The number of carbonyl (C=O) groups excluding carboxylic acids is 2. The van der Waals surface area contributed by atoms with Crippen LogP contribution >= 0.6 is 15.9 Å². The van der Waals surface area contributed by atoms with Gasteiger partial charge < -0.3 is 15.1 Å². The molecule has 3 rings (SSSR count). The van der Waals surface area contributed by atoms with Gasteiger partial charge in [0.15, 0.2) is 0 Å². The second kappa shape index (κ2) is 6.15. The first-order chi connectivity index (χ1) is 10.2. The molecule has 2 aliphatic rings. The second-order valence-corrected chi connectivity index (χ2v) is 6.21. The van der Waals surface area contributed by atoms with Gasteiger partial charge in [0, 0.05) is 37.2 Å². The fraction of sp³-hybridized carbons (Fsp3) is 0.467. The third-order valence-corrected chi connectivity index (χ3v) is 4.75. The van der Waals surface area contributed by atoms with Crippen molar-refractivity contribution >= 4 is 33.4 Å². The van der Waals surface area contributed by atoms with E-state index in [0.717, 1.165) is 23.2 Å². The summed E-state index contributed by atoms with van der Waals surface area (Å²) < 4.78 is 0.883. The van der Waals surface area contributed by atoms with Crippen LogP contribution in [0.4, 0.5) is 5.69 Å². The molecule has 5 nitrogen and oxygen atoms in total. The van der Waals surface area contributed by atoms with Crippen LogP contribution in [0.25, 0.3) is 0 Å². The molecule has 1 aromatic rings. The van der Waals surface area contributed by atoms with Crippen LogP contribution in [0.1, 0.15) is 6.42 Å². The number of para-hydroxylation sites is 1. The van der Waals surface area contributed by atoms with E-state index in [4.69, 9.17) is 0 Å². The Balaban J connectivity index is 1.74. The monoisotopic (exact) mass is 351 g/mol. The lowest BCUT2D eigenvalue weighted by Crippen LogP contribution is -2.49. The zero-order valence-corrected chi connectivity index (χ0v) is 13.3. The van der Waals surface area contributed by atoms with E-state index in [1.165, 1.54) is 0 Å². The molecule has 1 aromatic carbocycles. The van der Waals surface area contributed by atoms with Crippen LogP contribution in [0.2, 0.25) is 0 Å². The van der Waals surface area contributed by atoms with Crippen molar-refractivity contribution in [3.63, 3.8) is 0 Å².